The van der Waals surface area contributed by atoms with Crippen LogP contribution < -0.4 is 4.90 Å². The summed E-state index contributed by atoms with van der Waals surface area (Å²) >= 11 is 0. The van der Waals surface area contributed by atoms with Crippen LogP contribution in [0.2, 0.25) is 0 Å². The van der Waals surface area contributed by atoms with Crippen LogP contribution in [0, 0.1) is 0 Å². The zero-order valence-corrected chi connectivity index (χ0v) is 37.2. The Morgan fingerprint density at radius 1 is 0.418 bits per heavy atom. The minimum absolute atomic E-state index is 0.255. The number of benzene rings is 9. The average Bonchev–Trinajstić information content (AvgIpc) is 3.99. The van der Waals surface area contributed by atoms with Gasteiger partial charge in [0.25, 0.3) is 0 Å². The quantitative estimate of drug-likeness (QED) is 0.152. The first-order valence-electron chi connectivity index (χ1n) is 23.3. The van der Waals surface area contributed by atoms with E-state index in [2.05, 4.69) is 246 Å². The molecule has 0 spiro atoms. The number of para-hydroxylation sites is 4. The van der Waals surface area contributed by atoms with Crippen LogP contribution in [0.4, 0.5) is 17.1 Å². The van der Waals surface area contributed by atoms with Crippen LogP contribution in [0.15, 0.2) is 230 Å². The molecule has 3 heterocycles. The molecule has 0 saturated carbocycles. The average molecular weight is 854 g/mol. The molecule has 3 aromatic heterocycles. The fraction of sp³-hybridized carbons (Fsp3) is 0.0469. The fourth-order valence-corrected chi connectivity index (χ4v) is 11.6. The lowest BCUT2D eigenvalue weighted by molar-refractivity contribution is 0.660. The van der Waals surface area contributed by atoms with Gasteiger partial charge in [-0.2, -0.15) is 0 Å². The Bertz CT molecular complexity index is 4150. The second-order valence-corrected chi connectivity index (χ2v) is 18.6. The van der Waals surface area contributed by atoms with Gasteiger partial charge in [0.2, 0.25) is 0 Å². The highest BCUT2D eigenvalue weighted by Crippen LogP contribution is 2.53. The maximum absolute atomic E-state index is 3.24. The van der Waals surface area contributed by atoms with Gasteiger partial charge in [0.1, 0.15) is 0 Å². The highest BCUT2D eigenvalue weighted by molar-refractivity contribution is 6.25. The summed E-state index contributed by atoms with van der Waals surface area (Å²) in [5.74, 6) is 0. The molecule has 3 nitrogen and oxygen atoms in total. The molecule has 0 amide bonds. The number of hydrogen-bond donors (Lipinski definition) is 0. The molecule has 314 valence electrons. The van der Waals surface area contributed by atoms with Gasteiger partial charge in [-0.05, 0) is 124 Å². The molecule has 14 rings (SSSR count). The summed E-state index contributed by atoms with van der Waals surface area (Å²) in [5.41, 5.74) is 23.8. The van der Waals surface area contributed by atoms with Crippen LogP contribution in [0.25, 0.3) is 99.0 Å². The highest BCUT2D eigenvalue weighted by Gasteiger charge is 2.37. The maximum atomic E-state index is 3.24. The van der Waals surface area contributed by atoms with Crippen LogP contribution in [-0.2, 0) is 5.41 Å². The van der Waals surface area contributed by atoms with E-state index in [9.17, 15) is 0 Å². The molecule has 0 aliphatic heterocycles. The topological polar surface area (TPSA) is 12.6 Å². The second kappa shape index (κ2) is 14.2. The van der Waals surface area contributed by atoms with Crippen molar-refractivity contribution in [1.29, 1.82) is 0 Å². The molecule has 0 fully saturated rings. The normalized spacial score (nSPS) is 13.9. The third kappa shape index (κ3) is 5.47. The molecule has 0 unspecified atom stereocenters. The van der Waals surface area contributed by atoms with Crippen molar-refractivity contribution < 1.29 is 0 Å². The van der Waals surface area contributed by atoms with E-state index in [0.717, 1.165) is 22.8 Å². The van der Waals surface area contributed by atoms with E-state index in [1.807, 2.05) is 12.2 Å². The molecule has 0 radical (unpaired) electrons. The van der Waals surface area contributed by atoms with Crippen molar-refractivity contribution in [3.63, 3.8) is 0 Å². The molecule has 0 saturated heterocycles. The molecular formula is C64H43N3. The molecule has 67 heavy (non-hydrogen) atoms. The van der Waals surface area contributed by atoms with Gasteiger partial charge in [-0.15, -0.1) is 5.73 Å². The van der Waals surface area contributed by atoms with Gasteiger partial charge in [0, 0.05) is 66.1 Å². The van der Waals surface area contributed by atoms with E-state index in [0.29, 0.717) is 0 Å². The Kier molecular flexibility index (Phi) is 7.99. The number of anilines is 3. The fourth-order valence-electron chi connectivity index (χ4n) is 11.6. The second-order valence-electron chi connectivity index (χ2n) is 18.6. The van der Waals surface area contributed by atoms with E-state index in [-0.39, 0.29) is 5.41 Å². The lowest BCUT2D eigenvalue weighted by atomic mass is 9.81. The zero-order chi connectivity index (χ0) is 44.4. The minimum atomic E-state index is -0.255. The Morgan fingerprint density at radius 3 is 1.82 bits per heavy atom. The molecule has 2 aliphatic rings. The number of rotatable bonds is 6. The number of aromatic nitrogens is 2. The van der Waals surface area contributed by atoms with Crippen LogP contribution in [0.3, 0.4) is 0 Å². The van der Waals surface area contributed by atoms with Gasteiger partial charge in [0.15, 0.2) is 0 Å². The summed E-state index contributed by atoms with van der Waals surface area (Å²) in [4.78, 5) is 2.44. The lowest BCUT2D eigenvalue weighted by Gasteiger charge is -2.28. The number of fused-ring (bicyclic) bond motifs is 12. The Hall–Kier alpha value is -8.62. The largest absolute Gasteiger partial charge is 0.310 e. The first-order valence-corrected chi connectivity index (χ1v) is 23.3. The summed E-state index contributed by atoms with van der Waals surface area (Å²) in [6.45, 7) is 4.81. The van der Waals surface area contributed by atoms with Crippen LogP contribution in [-0.4, -0.2) is 8.97 Å². The SMILES string of the molecule is CC1(C)c2cc(-c3cccc4c5cccc6c7ccccc7n(c34)c65)ccc2-c2ccc(N(c3ccc(-c4ccccc4)cc3)c3ccc4c(c3)c3ccccc3n4C3=CC=C=CC=C3)cc21. The summed E-state index contributed by atoms with van der Waals surface area (Å²) in [7, 11) is 0. The van der Waals surface area contributed by atoms with Gasteiger partial charge in [-0.1, -0.05) is 153 Å². The van der Waals surface area contributed by atoms with Gasteiger partial charge >= 0.3 is 0 Å². The van der Waals surface area contributed by atoms with Crippen molar-refractivity contribution in [3.05, 3.63) is 241 Å². The Labute approximate surface area is 388 Å². The van der Waals surface area contributed by atoms with Crippen molar-refractivity contribution in [2.45, 2.75) is 19.3 Å². The molecular weight excluding hydrogens is 811 g/mol. The van der Waals surface area contributed by atoms with Crippen LogP contribution >= 0.6 is 0 Å². The minimum Gasteiger partial charge on any atom is -0.310 e. The summed E-state index contributed by atoms with van der Waals surface area (Å²) in [6, 6.07) is 72.2. The first-order chi connectivity index (χ1) is 33.0. The van der Waals surface area contributed by atoms with Gasteiger partial charge in [-0.25, -0.2) is 0 Å². The van der Waals surface area contributed by atoms with Crippen molar-refractivity contribution in [1.82, 2.24) is 8.97 Å². The number of nitrogens with zero attached hydrogens (tertiary/aromatic N) is 3. The van der Waals surface area contributed by atoms with E-state index < -0.39 is 0 Å². The molecule has 0 atom stereocenters. The monoisotopic (exact) mass is 853 g/mol. The van der Waals surface area contributed by atoms with Crippen molar-refractivity contribution >= 4 is 82.7 Å². The summed E-state index contributed by atoms with van der Waals surface area (Å²) in [6.07, 6.45) is 10.3. The first kappa shape index (κ1) is 37.7. The Balaban J connectivity index is 0.919. The molecule has 9 aromatic carbocycles. The standard InChI is InChI=1S/C64H43N3/c1-64(2)57-38-43(48-22-14-24-54-55-25-15-23-53-51-20-10-13-27-60(51)67(62(48)54)63(53)55)30-35-49(57)50-36-33-47(40-58(50)64)65(45-31-28-42(29-32-45)41-16-6-5-7-17-41)46-34-37-61-56(39-46)52-21-11-12-26-59(52)66(61)44-18-8-3-4-9-19-44/h3,5-40H,1-2H3. The third-order valence-corrected chi connectivity index (χ3v) is 14.7. The van der Waals surface area contributed by atoms with E-state index >= 15 is 0 Å². The molecule has 12 aromatic rings. The molecule has 0 bridgehead atoms. The summed E-state index contributed by atoms with van der Waals surface area (Å²) < 4.78 is 4.88. The van der Waals surface area contributed by atoms with Gasteiger partial charge in [0.05, 0.1) is 27.6 Å². The lowest BCUT2D eigenvalue weighted by Crippen LogP contribution is -2.16. The van der Waals surface area contributed by atoms with Crippen molar-refractivity contribution in [2.24, 2.45) is 0 Å². The zero-order valence-electron chi connectivity index (χ0n) is 37.2. The van der Waals surface area contributed by atoms with Crippen molar-refractivity contribution in [3.8, 4) is 33.4 Å². The highest BCUT2D eigenvalue weighted by atomic mass is 15.1. The molecule has 0 N–H and O–H groups in total. The molecule has 3 heteroatoms. The predicted molar refractivity (Wildman–Crippen MR) is 283 cm³/mol. The Morgan fingerprint density at radius 2 is 1.00 bits per heavy atom. The predicted octanol–water partition coefficient (Wildman–Crippen LogP) is 17.2. The van der Waals surface area contributed by atoms with E-state index in [1.165, 1.54) is 104 Å². The van der Waals surface area contributed by atoms with E-state index in [4.69, 9.17) is 0 Å². The number of hydrogen-bond acceptors (Lipinski definition) is 1. The van der Waals surface area contributed by atoms with E-state index in [1.54, 1.807) is 0 Å². The third-order valence-electron chi connectivity index (χ3n) is 14.7. The van der Waals surface area contributed by atoms with Crippen LogP contribution in [0.1, 0.15) is 25.0 Å². The number of allylic oxidation sites excluding steroid dienone is 5. The van der Waals surface area contributed by atoms with Gasteiger partial charge in [-0.3, -0.25) is 0 Å². The molecule has 2 aliphatic carbocycles. The summed E-state index contributed by atoms with van der Waals surface area (Å²) in [5, 5.41) is 7.64. The van der Waals surface area contributed by atoms with Crippen molar-refractivity contribution in [2.75, 3.05) is 4.90 Å². The smallest absolute Gasteiger partial charge is 0.0620 e. The van der Waals surface area contributed by atoms with Crippen LogP contribution in [0.5, 0.6) is 0 Å². The van der Waals surface area contributed by atoms with Gasteiger partial charge < -0.3 is 13.9 Å². The maximum Gasteiger partial charge on any atom is 0.0620 e.